The summed E-state index contributed by atoms with van der Waals surface area (Å²) >= 11 is 12.6. The van der Waals surface area contributed by atoms with E-state index in [1.54, 1.807) is 25.5 Å². The van der Waals surface area contributed by atoms with E-state index in [-0.39, 0.29) is 33.7 Å². The monoisotopic (exact) mass is 581 g/mol. The number of hydrogen-bond acceptors (Lipinski definition) is 7. The smallest absolute Gasteiger partial charge is 0.263 e. The third kappa shape index (κ3) is 4.35. The highest BCUT2D eigenvalue weighted by Gasteiger charge is 2.40. The van der Waals surface area contributed by atoms with Gasteiger partial charge in [0, 0.05) is 37.0 Å². The number of carbonyl (C=O) groups is 2. The molecular formula is C27H25Cl2N7O4. The van der Waals surface area contributed by atoms with Crippen LogP contribution < -0.4 is 21.5 Å². The van der Waals surface area contributed by atoms with Crippen LogP contribution in [0.5, 0.6) is 5.75 Å². The van der Waals surface area contributed by atoms with Crippen molar-refractivity contribution in [3.63, 3.8) is 0 Å². The summed E-state index contributed by atoms with van der Waals surface area (Å²) in [5, 5.41) is 13.5. The molecule has 5 heterocycles. The van der Waals surface area contributed by atoms with Crippen molar-refractivity contribution < 1.29 is 14.7 Å². The number of nitrogens with one attached hydrogen (secondary N) is 1. The number of phenols is 1. The predicted molar refractivity (Wildman–Crippen MR) is 152 cm³/mol. The number of pyridine rings is 1. The van der Waals surface area contributed by atoms with Crippen molar-refractivity contribution in [3.8, 4) is 16.9 Å². The zero-order chi connectivity index (χ0) is 28.3. The zero-order valence-electron chi connectivity index (χ0n) is 21.4. The lowest BCUT2D eigenvalue weighted by Crippen LogP contribution is -2.29. The fourth-order valence-corrected chi connectivity index (χ4v) is 6.21. The van der Waals surface area contributed by atoms with E-state index in [1.807, 2.05) is 0 Å². The van der Waals surface area contributed by atoms with Crippen molar-refractivity contribution in [2.45, 2.75) is 44.3 Å². The third-order valence-electron chi connectivity index (χ3n) is 7.72. The number of amides is 2. The molecule has 2 fully saturated rings. The molecular weight excluding hydrogens is 557 g/mol. The molecule has 0 atom stereocenters. The lowest BCUT2D eigenvalue weighted by Gasteiger charge is -2.24. The van der Waals surface area contributed by atoms with Crippen molar-refractivity contribution in [1.29, 1.82) is 0 Å². The van der Waals surface area contributed by atoms with Gasteiger partial charge in [-0.25, -0.2) is 9.97 Å². The Morgan fingerprint density at radius 1 is 1.10 bits per heavy atom. The Kier molecular flexibility index (Phi) is 6.42. The number of halogens is 2. The minimum Gasteiger partial charge on any atom is -0.506 e. The highest BCUT2D eigenvalue weighted by molar-refractivity contribution is 6.34. The molecule has 2 aliphatic heterocycles. The number of hydrogen-bond donors (Lipinski definition) is 3. The Bertz CT molecular complexity index is 1750. The number of carbonyl (C=O) groups excluding carboxylic acids is 2. The first-order valence-corrected chi connectivity index (χ1v) is 13.5. The Balaban J connectivity index is 1.35. The van der Waals surface area contributed by atoms with Gasteiger partial charge < -0.3 is 30.2 Å². The van der Waals surface area contributed by atoms with Gasteiger partial charge in [-0.05, 0) is 43.4 Å². The number of nitrogens with zero attached hydrogens (tertiary/aromatic N) is 5. The first-order valence-electron chi connectivity index (χ1n) is 12.7. The minimum atomic E-state index is -0.883. The summed E-state index contributed by atoms with van der Waals surface area (Å²) in [7, 11) is 1.55. The number of benzene rings is 1. The number of aromatic nitrogens is 4. The summed E-state index contributed by atoms with van der Waals surface area (Å²) in [5.74, 6) is -0.942. The Hall–Kier alpha value is -4.09. The van der Waals surface area contributed by atoms with Crippen molar-refractivity contribution in [2.75, 3.05) is 10.2 Å². The molecule has 11 nitrogen and oxygen atoms in total. The normalized spacial score (nSPS) is 18.0. The van der Waals surface area contributed by atoms with Gasteiger partial charge in [-0.2, -0.15) is 0 Å². The average molecular weight is 582 g/mol. The van der Waals surface area contributed by atoms with E-state index < -0.39 is 17.6 Å². The van der Waals surface area contributed by atoms with E-state index in [0.717, 1.165) is 31.5 Å². The first-order chi connectivity index (χ1) is 19.1. The SMILES string of the molecule is Cn1cnc2c(c(-c3cc(Cl)c(O)c(C(N)=O)c3)cn2CC(=O)Nc2cc(N3C4CCC3CC4)ncc2Cl)c1=O. The first kappa shape index (κ1) is 26.1. The molecule has 3 aromatic heterocycles. The van der Waals surface area contributed by atoms with E-state index in [1.165, 1.54) is 27.6 Å². The second-order valence-corrected chi connectivity index (χ2v) is 11.0. The summed E-state index contributed by atoms with van der Waals surface area (Å²) < 4.78 is 2.83. The molecule has 1 aromatic carbocycles. The van der Waals surface area contributed by atoms with Gasteiger partial charge in [-0.15, -0.1) is 0 Å². The number of nitrogens with two attached hydrogens (primary N) is 1. The van der Waals surface area contributed by atoms with E-state index in [9.17, 15) is 19.5 Å². The summed E-state index contributed by atoms with van der Waals surface area (Å²) in [6.45, 7) is -0.186. The highest BCUT2D eigenvalue weighted by atomic mass is 35.5. The van der Waals surface area contributed by atoms with Crippen LogP contribution >= 0.6 is 23.2 Å². The van der Waals surface area contributed by atoms with Crippen LogP contribution in [-0.2, 0) is 18.4 Å². The molecule has 13 heteroatoms. The predicted octanol–water partition coefficient (Wildman–Crippen LogP) is 3.68. The second-order valence-electron chi connectivity index (χ2n) is 10.2. The number of aryl methyl sites for hydroxylation is 1. The second kappa shape index (κ2) is 9.83. The van der Waals surface area contributed by atoms with Crippen molar-refractivity contribution in [3.05, 3.63) is 62.9 Å². The Labute approximate surface area is 238 Å². The van der Waals surface area contributed by atoms with Crippen LogP contribution in [0.25, 0.3) is 22.2 Å². The fraction of sp³-hybridized carbons (Fsp3) is 0.296. The van der Waals surface area contributed by atoms with Crippen LogP contribution in [0, 0.1) is 0 Å². The standard InChI is InChI=1S/C27H25Cl2N7O4/c1-34-12-32-26-23(27(34)40)17(13-6-16(25(30)39)24(38)18(28)7-13)10-35(26)11-22(37)33-20-8-21(31-9-19(20)29)36-14-2-3-15(36)5-4-14/h6-10,12,14-15,38H,2-5,11H2,1H3,(H2,30,39)(H,31,33,37). The van der Waals surface area contributed by atoms with Gasteiger partial charge in [-0.1, -0.05) is 23.2 Å². The summed E-state index contributed by atoms with van der Waals surface area (Å²) in [4.78, 5) is 49.5. The maximum Gasteiger partial charge on any atom is 0.263 e. The molecule has 2 amide bonds. The zero-order valence-corrected chi connectivity index (χ0v) is 22.9. The lowest BCUT2D eigenvalue weighted by molar-refractivity contribution is -0.116. The fourth-order valence-electron chi connectivity index (χ4n) is 5.84. The largest absolute Gasteiger partial charge is 0.506 e. The van der Waals surface area contributed by atoms with Crippen molar-refractivity contribution in [2.24, 2.45) is 12.8 Å². The van der Waals surface area contributed by atoms with Crippen molar-refractivity contribution >= 4 is 57.6 Å². The molecule has 4 aromatic rings. The van der Waals surface area contributed by atoms with E-state index >= 15 is 0 Å². The van der Waals surface area contributed by atoms with Crippen molar-refractivity contribution in [1.82, 2.24) is 19.1 Å². The molecule has 40 heavy (non-hydrogen) atoms. The van der Waals surface area contributed by atoms with E-state index in [0.29, 0.717) is 33.9 Å². The molecule has 2 aliphatic rings. The summed E-state index contributed by atoms with van der Waals surface area (Å²) in [6, 6.07) is 5.49. The van der Waals surface area contributed by atoms with Gasteiger partial charge >= 0.3 is 0 Å². The van der Waals surface area contributed by atoms with Crippen LogP contribution in [0.1, 0.15) is 36.0 Å². The van der Waals surface area contributed by atoms with Gasteiger partial charge in [0.05, 0.1) is 39.2 Å². The molecule has 206 valence electrons. The molecule has 0 aliphatic carbocycles. The van der Waals surface area contributed by atoms with Gasteiger partial charge in [0.2, 0.25) is 5.91 Å². The van der Waals surface area contributed by atoms with Gasteiger partial charge in [0.25, 0.3) is 11.5 Å². The van der Waals surface area contributed by atoms with E-state index in [4.69, 9.17) is 28.9 Å². The quantitative estimate of drug-likeness (QED) is 0.314. The lowest BCUT2D eigenvalue weighted by atomic mass is 10.0. The van der Waals surface area contributed by atoms with Gasteiger partial charge in [0.1, 0.15) is 23.8 Å². The highest BCUT2D eigenvalue weighted by Crippen LogP contribution is 2.41. The molecule has 0 radical (unpaired) electrons. The molecule has 6 rings (SSSR count). The minimum absolute atomic E-state index is 0.111. The molecule has 2 saturated heterocycles. The number of primary amides is 1. The average Bonchev–Trinajstić information content (AvgIpc) is 3.62. The van der Waals surface area contributed by atoms with E-state index in [2.05, 4.69) is 20.2 Å². The van der Waals surface area contributed by atoms with Crippen LogP contribution in [0.4, 0.5) is 11.5 Å². The third-order valence-corrected chi connectivity index (χ3v) is 8.31. The topological polar surface area (TPSA) is 148 Å². The van der Waals surface area contributed by atoms with Crippen LogP contribution in [-0.4, -0.2) is 48.1 Å². The number of rotatable bonds is 6. The number of fused-ring (bicyclic) bond motifs is 3. The number of anilines is 2. The molecule has 0 saturated carbocycles. The molecule has 0 spiro atoms. The maximum absolute atomic E-state index is 13.2. The molecule has 0 unspecified atom stereocenters. The maximum atomic E-state index is 13.2. The molecule has 2 bridgehead atoms. The van der Waals surface area contributed by atoms with Crippen LogP contribution in [0.2, 0.25) is 10.0 Å². The Morgan fingerprint density at radius 3 is 2.48 bits per heavy atom. The van der Waals surface area contributed by atoms with Gasteiger partial charge in [0.15, 0.2) is 0 Å². The van der Waals surface area contributed by atoms with Gasteiger partial charge in [-0.3, -0.25) is 14.4 Å². The number of aromatic hydroxyl groups is 1. The molecule has 4 N–H and O–H groups in total. The summed E-state index contributed by atoms with van der Waals surface area (Å²) in [5.41, 5.74) is 6.27. The van der Waals surface area contributed by atoms with Crippen LogP contribution in [0.15, 0.2) is 41.7 Å². The Morgan fingerprint density at radius 2 is 1.80 bits per heavy atom. The summed E-state index contributed by atoms with van der Waals surface area (Å²) in [6.07, 6.45) is 9.03. The van der Waals surface area contributed by atoms with Crippen LogP contribution in [0.3, 0.4) is 0 Å².